The maximum atomic E-state index is 13.5. The maximum absolute atomic E-state index is 13.5. The maximum Gasteiger partial charge on any atom is 0.416 e. The molecule has 1 aromatic heterocycles. The number of alkyl halides is 3. The smallest absolute Gasteiger partial charge is 0.348 e. The van der Waals surface area contributed by atoms with Gasteiger partial charge in [-0.05, 0) is 54.4 Å². The fraction of sp³-hybridized carbons (Fsp3) is 0.172. The summed E-state index contributed by atoms with van der Waals surface area (Å²) in [5.41, 5.74) is -0.998. The van der Waals surface area contributed by atoms with Crippen LogP contribution in [0.15, 0.2) is 99.5 Å². The molecule has 4 rings (SSSR count). The summed E-state index contributed by atoms with van der Waals surface area (Å²) >= 11 is 0. The molecule has 1 heterocycles. The fourth-order valence-corrected chi connectivity index (χ4v) is 6.09. The van der Waals surface area contributed by atoms with Crippen molar-refractivity contribution >= 4 is 26.5 Å². The Morgan fingerprint density at radius 1 is 0.927 bits per heavy atom. The molecule has 0 fully saturated rings. The van der Waals surface area contributed by atoms with Crippen LogP contribution in [-0.4, -0.2) is 29.4 Å². The van der Waals surface area contributed by atoms with Gasteiger partial charge in [0.1, 0.15) is 5.56 Å². The van der Waals surface area contributed by atoms with Gasteiger partial charge in [-0.2, -0.15) is 13.2 Å². The van der Waals surface area contributed by atoms with E-state index in [0.717, 1.165) is 34.6 Å². The molecule has 0 bridgehead atoms. The van der Waals surface area contributed by atoms with Crippen LogP contribution in [0.25, 0.3) is 5.69 Å². The second kappa shape index (κ2) is 11.8. The molecular formula is C29H25F3N2O5S2. The Morgan fingerprint density at radius 3 is 2.20 bits per heavy atom. The van der Waals surface area contributed by atoms with Gasteiger partial charge in [-0.15, -0.1) is 0 Å². The number of halogens is 3. The number of benzene rings is 3. The molecule has 4 aromatic rings. The van der Waals surface area contributed by atoms with Gasteiger partial charge < -0.3 is 5.32 Å². The molecule has 0 radical (unpaired) electrons. The zero-order valence-corrected chi connectivity index (χ0v) is 23.6. The van der Waals surface area contributed by atoms with Crippen LogP contribution in [0.2, 0.25) is 0 Å². The lowest BCUT2D eigenvalue weighted by molar-refractivity contribution is -0.137. The number of amides is 1. The SMILES string of the molecule is Cc1c(S(=O)Cc2ccccc2)cc(C(=O)NCc2ccc(S(C)(=O)=O)cc2)c(=O)n1-c1cccc(C(F)(F)F)c1. The van der Waals surface area contributed by atoms with Crippen LogP contribution >= 0.6 is 0 Å². The Kier molecular flexibility index (Phi) is 8.64. The van der Waals surface area contributed by atoms with Gasteiger partial charge in [-0.3, -0.25) is 18.4 Å². The molecule has 0 aliphatic carbocycles. The van der Waals surface area contributed by atoms with E-state index in [1.807, 2.05) is 0 Å². The van der Waals surface area contributed by atoms with Gasteiger partial charge in [0.05, 0.1) is 31.9 Å². The normalized spacial score (nSPS) is 12.6. The minimum absolute atomic E-state index is 0.0518. The number of pyridine rings is 1. The highest BCUT2D eigenvalue weighted by Gasteiger charge is 2.31. The zero-order valence-electron chi connectivity index (χ0n) is 21.9. The van der Waals surface area contributed by atoms with Crippen LogP contribution in [0, 0.1) is 6.92 Å². The number of hydrogen-bond donors (Lipinski definition) is 1. The molecule has 1 amide bonds. The van der Waals surface area contributed by atoms with Gasteiger partial charge in [-0.1, -0.05) is 48.5 Å². The summed E-state index contributed by atoms with van der Waals surface area (Å²) in [6, 6.07) is 20.0. The molecule has 0 aliphatic rings. The Labute approximate surface area is 237 Å². The lowest BCUT2D eigenvalue weighted by Crippen LogP contribution is -2.34. The number of aromatic nitrogens is 1. The third kappa shape index (κ3) is 7.01. The molecule has 0 saturated carbocycles. The quantitative estimate of drug-likeness (QED) is 0.312. The second-order valence-corrected chi connectivity index (χ2v) is 12.7. The van der Waals surface area contributed by atoms with E-state index in [9.17, 15) is 35.4 Å². The summed E-state index contributed by atoms with van der Waals surface area (Å²) in [7, 11) is -5.17. The third-order valence-electron chi connectivity index (χ3n) is 6.27. The molecule has 7 nitrogen and oxygen atoms in total. The first-order valence-electron chi connectivity index (χ1n) is 12.2. The Hall–Kier alpha value is -4.03. The van der Waals surface area contributed by atoms with Crippen LogP contribution in [-0.2, 0) is 39.1 Å². The van der Waals surface area contributed by atoms with Crippen molar-refractivity contribution in [2.75, 3.05) is 6.26 Å². The first-order chi connectivity index (χ1) is 19.3. The van der Waals surface area contributed by atoms with Crippen molar-refractivity contribution in [1.29, 1.82) is 0 Å². The summed E-state index contributed by atoms with van der Waals surface area (Å²) < 4.78 is 78.2. The van der Waals surface area contributed by atoms with Crippen molar-refractivity contribution < 1.29 is 30.6 Å². The number of rotatable bonds is 8. The van der Waals surface area contributed by atoms with E-state index in [2.05, 4.69) is 5.32 Å². The summed E-state index contributed by atoms with van der Waals surface area (Å²) in [5, 5.41) is 2.58. The van der Waals surface area contributed by atoms with E-state index in [1.165, 1.54) is 43.3 Å². The first-order valence-corrected chi connectivity index (χ1v) is 15.4. The Morgan fingerprint density at radius 2 is 1.59 bits per heavy atom. The van der Waals surface area contributed by atoms with Gasteiger partial charge in [0.2, 0.25) is 0 Å². The predicted molar refractivity (Wildman–Crippen MR) is 149 cm³/mol. The highest BCUT2D eigenvalue weighted by molar-refractivity contribution is 7.90. The third-order valence-corrected chi connectivity index (χ3v) is 8.90. The molecule has 3 aromatic carbocycles. The monoisotopic (exact) mass is 602 g/mol. The van der Waals surface area contributed by atoms with Crippen molar-refractivity contribution in [1.82, 2.24) is 9.88 Å². The van der Waals surface area contributed by atoms with Crippen molar-refractivity contribution in [3.05, 3.63) is 123 Å². The van der Waals surface area contributed by atoms with Gasteiger partial charge in [-0.25, -0.2) is 8.42 Å². The van der Waals surface area contributed by atoms with Crippen LogP contribution in [0.5, 0.6) is 0 Å². The molecule has 0 spiro atoms. The largest absolute Gasteiger partial charge is 0.416 e. The highest BCUT2D eigenvalue weighted by atomic mass is 32.2. The topological polar surface area (TPSA) is 102 Å². The average molecular weight is 603 g/mol. The number of sulfone groups is 1. The molecule has 1 N–H and O–H groups in total. The van der Waals surface area contributed by atoms with Crippen molar-refractivity contribution in [2.45, 2.75) is 35.2 Å². The van der Waals surface area contributed by atoms with Crippen LogP contribution in [0.1, 0.15) is 32.7 Å². The lowest BCUT2D eigenvalue weighted by Gasteiger charge is -2.18. The average Bonchev–Trinajstić information content (AvgIpc) is 2.92. The van der Waals surface area contributed by atoms with E-state index in [4.69, 9.17) is 0 Å². The van der Waals surface area contributed by atoms with Gasteiger partial charge in [0.15, 0.2) is 9.84 Å². The molecule has 214 valence electrons. The molecule has 0 saturated heterocycles. The van der Waals surface area contributed by atoms with E-state index in [1.54, 1.807) is 30.3 Å². The molecule has 1 unspecified atom stereocenters. The Bertz CT molecular complexity index is 1780. The predicted octanol–water partition coefficient (Wildman–Crippen LogP) is 4.81. The minimum atomic E-state index is -4.67. The van der Waals surface area contributed by atoms with Gasteiger partial charge >= 0.3 is 6.18 Å². The number of nitrogens with zero attached hydrogens (tertiary/aromatic N) is 1. The molecule has 12 heteroatoms. The zero-order chi connectivity index (χ0) is 29.9. The van der Waals surface area contributed by atoms with Crippen molar-refractivity contribution in [2.24, 2.45) is 0 Å². The van der Waals surface area contributed by atoms with E-state index in [-0.39, 0.29) is 33.5 Å². The highest BCUT2D eigenvalue weighted by Crippen LogP contribution is 2.31. The Balaban J connectivity index is 1.76. The number of carbonyl (C=O) groups excluding carboxylic acids is 1. The summed E-state index contributed by atoms with van der Waals surface area (Å²) in [4.78, 5) is 27.0. The summed E-state index contributed by atoms with van der Waals surface area (Å²) in [6.45, 7) is 1.40. The van der Waals surface area contributed by atoms with E-state index < -0.39 is 49.4 Å². The van der Waals surface area contributed by atoms with Gasteiger partial charge in [0.25, 0.3) is 11.5 Å². The molecule has 41 heavy (non-hydrogen) atoms. The summed E-state index contributed by atoms with van der Waals surface area (Å²) in [6.07, 6.45) is -3.61. The van der Waals surface area contributed by atoms with Crippen molar-refractivity contribution in [3.63, 3.8) is 0 Å². The standard InChI is InChI=1S/C29H25F3N2O5S2/c1-19-26(40(37)18-21-7-4-3-5-8-21)16-25(27(35)33-17-20-11-13-24(14-12-20)41(2,38)39)28(36)34(19)23-10-6-9-22(15-23)29(30,31)32/h3-16H,17-18H2,1-2H3,(H,33,35). The van der Waals surface area contributed by atoms with E-state index >= 15 is 0 Å². The fourth-order valence-electron chi connectivity index (χ4n) is 4.14. The minimum Gasteiger partial charge on any atom is -0.348 e. The van der Waals surface area contributed by atoms with Gasteiger partial charge in [0, 0.05) is 24.2 Å². The van der Waals surface area contributed by atoms with Crippen molar-refractivity contribution in [3.8, 4) is 5.69 Å². The number of carbonyl (C=O) groups is 1. The summed E-state index contributed by atoms with van der Waals surface area (Å²) in [5.74, 6) is -0.781. The number of hydrogen-bond acceptors (Lipinski definition) is 5. The van der Waals surface area contributed by atoms with E-state index in [0.29, 0.717) is 5.56 Å². The molecule has 0 aliphatic heterocycles. The van der Waals surface area contributed by atoms with Crippen LogP contribution < -0.4 is 10.9 Å². The molecular weight excluding hydrogens is 577 g/mol. The lowest BCUT2D eigenvalue weighted by atomic mass is 10.1. The molecule has 1 atom stereocenters. The second-order valence-electron chi connectivity index (χ2n) is 9.27. The number of nitrogens with one attached hydrogen (secondary N) is 1. The van der Waals surface area contributed by atoms with Crippen LogP contribution in [0.3, 0.4) is 0 Å². The van der Waals surface area contributed by atoms with Crippen LogP contribution in [0.4, 0.5) is 13.2 Å². The first kappa shape index (κ1) is 29.9.